The van der Waals surface area contributed by atoms with Crippen molar-refractivity contribution in [1.29, 1.82) is 0 Å². The number of hydrogen-bond acceptors (Lipinski definition) is 3. The molecule has 9 heteroatoms. The Bertz CT molecular complexity index is 617. The molecule has 1 atom stereocenters. The predicted molar refractivity (Wildman–Crippen MR) is 83.8 cm³/mol. The van der Waals surface area contributed by atoms with Gasteiger partial charge in [0.2, 0.25) is 10.0 Å². The van der Waals surface area contributed by atoms with Crippen LogP contribution in [-0.2, 0) is 16.2 Å². The van der Waals surface area contributed by atoms with Crippen LogP contribution in [0.3, 0.4) is 0 Å². The number of sulfonamides is 1. The van der Waals surface area contributed by atoms with Crippen molar-refractivity contribution in [2.24, 2.45) is 11.7 Å². The first kappa shape index (κ1) is 20.2. The highest BCUT2D eigenvalue weighted by Gasteiger charge is 2.38. The van der Waals surface area contributed by atoms with Gasteiger partial charge in [0.25, 0.3) is 0 Å². The normalized spacial score (nSPS) is 17.7. The summed E-state index contributed by atoms with van der Waals surface area (Å²) in [5.41, 5.74) is 4.45. The number of nitrogens with one attached hydrogen (secondary N) is 1. The van der Waals surface area contributed by atoms with E-state index in [0.717, 1.165) is 37.8 Å². The van der Waals surface area contributed by atoms with Crippen LogP contribution in [0.15, 0.2) is 29.2 Å². The van der Waals surface area contributed by atoms with E-state index in [1.807, 2.05) is 0 Å². The van der Waals surface area contributed by atoms with Crippen molar-refractivity contribution in [1.82, 2.24) is 4.72 Å². The quantitative estimate of drug-likeness (QED) is 0.834. The molecule has 1 fully saturated rings. The van der Waals surface area contributed by atoms with Crippen molar-refractivity contribution in [2.45, 2.75) is 42.8 Å². The fourth-order valence-corrected chi connectivity index (χ4v) is 4.44. The monoisotopic (exact) mass is 372 g/mol. The SMILES string of the molecule is Cl.NCC(NS(=O)(=O)c1ccccc1C(F)(F)F)C1CCCC1. The zero-order valence-corrected chi connectivity index (χ0v) is 14.0. The van der Waals surface area contributed by atoms with Gasteiger partial charge in [-0.15, -0.1) is 12.4 Å². The Kier molecular flexibility index (Phi) is 6.88. The van der Waals surface area contributed by atoms with Gasteiger partial charge in [-0.05, 0) is 30.9 Å². The summed E-state index contributed by atoms with van der Waals surface area (Å²) >= 11 is 0. The molecule has 0 bridgehead atoms. The fourth-order valence-electron chi connectivity index (χ4n) is 2.89. The first-order chi connectivity index (χ1) is 10.3. The minimum atomic E-state index is -4.73. The van der Waals surface area contributed by atoms with E-state index >= 15 is 0 Å². The van der Waals surface area contributed by atoms with Gasteiger partial charge in [0.15, 0.2) is 0 Å². The second-order valence-electron chi connectivity index (χ2n) is 5.50. The lowest BCUT2D eigenvalue weighted by molar-refractivity contribution is -0.139. The van der Waals surface area contributed by atoms with Gasteiger partial charge in [-0.1, -0.05) is 25.0 Å². The molecule has 1 saturated carbocycles. The van der Waals surface area contributed by atoms with Crippen molar-refractivity contribution >= 4 is 22.4 Å². The zero-order valence-electron chi connectivity index (χ0n) is 12.3. The maximum Gasteiger partial charge on any atom is 0.417 e. The third-order valence-electron chi connectivity index (χ3n) is 4.01. The lowest BCUT2D eigenvalue weighted by Gasteiger charge is -2.24. The Hall–Kier alpha value is -0.830. The third kappa shape index (κ3) is 4.82. The summed E-state index contributed by atoms with van der Waals surface area (Å²) in [6, 6.07) is 3.64. The summed E-state index contributed by atoms with van der Waals surface area (Å²) in [6.07, 6.45) is -1.07. The number of hydrogen-bond donors (Lipinski definition) is 2. The van der Waals surface area contributed by atoms with Crippen LogP contribution in [0.2, 0.25) is 0 Å². The molecule has 1 aliphatic rings. The second kappa shape index (κ2) is 7.83. The average Bonchev–Trinajstić information content (AvgIpc) is 2.98. The Morgan fingerprint density at radius 3 is 2.30 bits per heavy atom. The highest BCUT2D eigenvalue weighted by molar-refractivity contribution is 7.89. The molecule has 0 radical (unpaired) electrons. The molecule has 0 aliphatic heterocycles. The number of nitrogens with two attached hydrogens (primary N) is 1. The van der Waals surface area contributed by atoms with Crippen molar-refractivity contribution < 1.29 is 21.6 Å². The largest absolute Gasteiger partial charge is 0.417 e. The predicted octanol–water partition coefficient (Wildman–Crippen LogP) is 2.92. The average molecular weight is 373 g/mol. The van der Waals surface area contributed by atoms with Crippen molar-refractivity contribution in [3.05, 3.63) is 29.8 Å². The van der Waals surface area contributed by atoms with E-state index in [9.17, 15) is 21.6 Å². The highest BCUT2D eigenvalue weighted by atomic mass is 35.5. The van der Waals surface area contributed by atoms with Crippen LogP contribution >= 0.6 is 12.4 Å². The van der Waals surface area contributed by atoms with Crippen LogP contribution < -0.4 is 10.5 Å². The molecule has 0 saturated heterocycles. The molecule has 1 aromatic carbocycles. The topological polar surface area (TPSA) is 72.2 Å². The van der Waals surface area contributed by atoms with Gasteiger partial charge in [-0.2, -0.15) is 13.2 Å². The van der Waals surface area contributed by atoms with E-state index in [0.29, 0.717) is 0 Å². The lowest BCUT2D eigenvalue weighted by Crippen LogP contribution is -2.44. The molecule has 1 aliphatic carbocycles. The summed E-state index contributed by atoms with van der Waals surface area (Å²) in [5, 5.41) is 0. The first-order valence-electron chi connectivity index (χ1n) is 7.14. The lowest BCUT2D eigenvalue weighted by atomic mass is 9.99. The van der Waals surface area contributed by atoms with Crippen molar-refractivity contribution in [2.75, 3.05) is 6.54 Å². The van der Waals surface area contributed by atoms with Crippen LogP contribution in [0.1, 0.15) is 31.2 Å². The van der Waals surface area contributed by atoms with Gasteiger partial charge in [-0.25, -0.2) is 13.1 Å². The van der Waals surface area contributed by atoms with Gasteiger partial charge in [0.1, 0.15) is 0 Å². The van der Waals surface area contributed by atoms with Gasteiger partial charge < -0.3 is 5.73 Å². The molecule has 4 nitrogen and oxygen atoms in total. The maximum atomic E-state index is 13.0. The van der Waals surface area contributed by atoms with E-state index in [1.165, 1.54) is 12.1 Å². The fraction of sp³-hybridized carbons (Fsp3) is 0.571. The van der Waals surface area contributed by atoms with Crippen LogP contribution in [-0.4, -0.2) is 21.0 Å². The highest BCUT2D eigenvalue weighted by Crippen LogP contribution is 2.34. The van der Waals surface area contributed by atoms with Crippen LogP contribution in [0.25, 0.3) is 0 Å². The molecule has 0 aromatic heterocycles. The molecule has 23 heavy (non-hydrogen) atoms. The van der Waals surface area contributed by atoms with Crippen molar-refractivity contribution in [3.63, 3.8) is 0 Å². The molecule has 0 spiro atoms. The first-order valence-corrected chi connectivity index (χ1v) is 8.62. The molecular formula is C14H20ClF3N2O2S. The van der Waals surface area contributed by atoms with E-state index in [-0.39, 0.29) is 24.9 Å². The molecule has 0 amide bonds. The summed E-state index contributed by atoms with van der Waals surface area (Å²) in [4.78, 5) is -0.751. The summed E-state index contributed by atoms with van der Waals surface area (Å²) in [7, 11) is -4.27. The van der Waals surface area contributed by atoms with Crippen molar-refractivity contribution in [3.8, 4) is 0 Å². The van der Waals surface area contributed by atoms with Crippen LogP contribution in [0, 0.1) is 5.92 Å². The molecular weight excluding hydrogens is 353 g/mol. The summed E-state index contributed by atoms with van der Waals surface area (Å²) in [5.74, 6) is 0.0813. The summed E-state index contributed by atoms with van der Waals surface area (Å²) < 4.78 is 66.0. The van der Waals surface area contributed by atoms with E-state index in [1.54, 1.807) is 0 Å². The van der Waals surface area contributed by atoms with Gasteiger partial charge in [-0.3, -0.25) is 0 Å². The van der Waals surface area contributed by atoms with E-state index in [2.05, 4.69) is 4.72 Å². The minimum Gasteiger partial charge on any atom is -0.329 e. The zero-order chi connectivity index (χ0) is 16.4. The Morgan fingerprint density at radius 1 is 1.22 bits per heavy atom. The van der Waals surface area contributed by atoms with Crippen LogP contribution in [0.5, 0.6) is 0 Å². The second-order valence-corrected chi connectivity index (χ2v) is 7.18. The molecule has 1 aromatic rings. The van der Waals surface area contributed by atoms with E-state index < -0.39 is 32.7 Å². The van der Waals surface area contributed by atoms with Gasteiger partial charge in [0.05, 0.1) is 10.5 Å². The van der Waals surface area contributed by atoms with Gasteiger partial charge in [0, 0.05) is 12.6 Å². The Morgan fingerprint density at radius 2 is 1.78 bits per heavy atom. The molecule has 1 unspecified atom stereocenters. The standard InChI is InChI=1S/C14H19F3N2O2S.ClH/c15-14(16,17)11-7-3-4-8-13(11)22(20,21)19-12(9-18)10-5-1-2-6-10;/h3-4,7-8,10,12,19H,1-2,5-6,9,18H2;1H. The Balaban J connectivity index is 0.00000264. The third-order valence-corrected chi connectivity index (χ3v) is 5.56. The molecule has 132 valence electrons. The minimum absolute atomic E-state index is 0. The summed E-state index contributed by atoms with van der Waals surface area (Å²) in [6.45, 7) is 0.0675. The number of benzene rings is 1. The molecule has 3 N–H and O–H groups in total. The number of alkyl halides is 3. The van der Waals surface area contributed by atoms with Gasteiger partial charge >= 0.3 is 6.18 Å². The molecule has 0 heterocycles. The maximum absolute atomic E-state index is 13.0. The Labute approximate surface area is 140 Å². The number of rotatable bonds is 5. The smallest absolute Gasteiger partial charge is 0.329 e. The van der Waals surface area contributed by atoms with E-state index in [4.69, 9.17) is 5.73 Å². The van der Waals surface area contributed by atoms with Crippen LogP contribution in [0.4, 0.5) is 13.2 Å². The number of halogens is 4. The molecule has 2 rings (SSSR count).